The molecule has 1 aromatic rings. The molecule has 3 aliphatic rings. The van der Waals surface area contributed by atoms with Gasteiger partial charge in [-0.25, -0.2) is 0 Å². The van der Waals surface area contributed by atoms with Gasteiger partial charge in [0.2, 0.25) is 5.79 Å². The Morgan fingerprint density at radius 3 is 2.60 bits per heavy atom. The van der Waals surface area contributed by atoms with E-state index in [1.165, 1.54) is 37.7 Å². The van der Waals surface area contributed by atoms with Crippen LogP contribution in [0.25, 0.3) is 0 Å². The zero-order valence-electron chi connectivity index (χ0n) is 12.4. The Morgan fingerprint density at radius 2 is 1.85 bits per heavy atom. The van der Waals surface area contributed by atoms with E-state index in [9.17, 15) is 0 Å². The standard InChI is InChI=1S/C18H24O2/c1-14-6-7-17(12-14)8-10-18(11-9-17)19-13-15-4-2-3-5-16(15)20-18/h2-5,14H,6-13H2,1H3. The second kappa shape index (κ2) is 4.49. The molecule has 0 bridgehead atoms. The quantitative estimate of drug-likeness (QED) is 0.683. The van der Waals surface area contributed by atoms with Crippen LogP contribution in [-0.2, 0) is 11.3 Å². The van der Waals surface area contributed by atoms with Crippen LogP contribution in [0.5, 0.6) is 5.75 Å². The molecule has 0 N–H and O–H groups in total. The van der Waals surface area contributed by atoms with Gasteiger partial charge in [0.1, 0.15) is 5.75 Å². The fraction of sp³-hybridized carbons (Fsp3) is 0.667. The summed E-state index contributed by atoms with van der Waals surface area (Å²) in [6.07, 6.45) is 8.93. The van der Waals surface area contributed by atoms with Gasteiger partial charge in [-0.15, -0.1) is 0 Å². The molecule has 2 aliphatic carbocycles. The molecule has 1 atom stereocenters. The Hall–Kier alpha value is -1.02. The molecule has 4 rings (SSSR count). The molecule has 1 aliphatic heterocycles. The van der Waals surface area contributed by atoms with Crippen LogP contribution in [0.3, 0.4) is 0 Å². The smallest absolute Gasteiger partial charge is 0.210 e. The second-order valence-corrected chi connectivity index (χ2v) is 7.26. The molecule has 2 spiro atoms. The highest BCUT2D eigenvalue weighted by Gasteiger charge is 2.48. The van der Waals surface area contributed by atoms with Crippen molar-refractivity contribution in [1.29, 1.82) is 0 Å². The molecule has 0 saturated heterocycles. The Labute approximate surface area is 121 Å². The Balaban J connectivity index is 1.49. The highest BCUT2D eigenvalue weighted by molar-refractivity contribution is 5.34. The molecule has 2 saturated carbocycles. The molecular formula is C18H24O2. The van der Waals surface area contributed by atoms with Gasteiger partial charge in [-0.2, -0.15) is 0 Å². The van der Waals surface area contributed by atoms with Gasteiger partial charge < -0.3 is 9.47 Å². The van der Waals surface area contributed by atoms with Crippen molar-refractivity contribution in [2.75, 3.05) is 0 Å². The lowest BCUT2D eigenvalue weighted by atomic mass is 9.70. The van der Waals surface area contributed by atoms with Crippen LogP contribution >= 0.6 is 0 Å². The van der Waals surface area contributed by atoms with Crippen molar-refractivity contribution in [2.45, 2.75) is 64.3 Å². The van der Waals surface area contributed by atoms with E-state index >= 15 is 0 Å². The number of para-hydroxylation sites is 1. The molecular weight excluding hydrogens is 248 g/mol. The summed E-state index contributed by atoms with van der Waals surface area (Å²) in [5.41, 5.74) is 1.79. The van der Waals surface area contributed by atoms with E-state index in [4.69, 9.17) is 9.47 Å². The maximum Gasteiger partial charge on any atom is 0.210 e. The minimum atomic E-state index is -0.328. The number of rotatable bonds is 0. The van der Waals surface area contributed by atoms with Crippen molar-refractivity contribution in [3.05, 3.63) is 29.8 Å². The van der Waals surface area contributed by atoms with Crippen LogP contribution in [-0.4, -0.2) is 5.79 Å². The van der Waals surface area contributed by atoms with Crippen LogP contribution in [0, 0.1) is 11.3 Å². The molecule has 0 amide bonds. The highest BCUT2D eigenvalue weighted by atomic mass is 16.7. The van der Waals surface area contributed by atoms with Crippen molar-refractivity contribution >= 4 is 0 Å². The fourth-order valence-electron chi connectivity index (χ4n) is 4.52. The zero-order chi connectivity index (χ0) is 13.6. The van der Waals surface area contributed by atoms with Crippen molar-refractivity contribution in [3.8, 4) is 5.75 Å². The predicted octanol–water partition coefficient (Wildman–Crippen LogP) is 4.67. The van der Waals surface area contributed by atoms with Gasteiger partial charge in [0.25, 0.3) is 0 Å². The minimum absolute atomic E-state index is 0.328. The highest BCUT2D eigenvalue weighted by Crippen LogP contribution is 2.54. The van der Waals surface area contributed by atoms with Gasteiger partial charge in [0.15, 0.2) is 0 Å². The first kappa shape index (κ1) is 12.7. The van der Waals surface area contributed by atoms with Crippen LogP contribution < -0.4 is 4.74 Å². The van der Waals surface area contributed by atoms with E-state index in [0.717, 1.165) is 24.5 Å². The monoisotopic (exact) mass is 272 g/mol. The Bertz CT molecular complexity index is 500. The van der Waals surface area contributed by atoms with Crippen LogP contribution in [0.15, 0.2) is 24.3 Å². The molecule has 2 fully saturated rings. The molecule has 1 heterocycles. The number of hydrogen-bond donors (Lipinski definition) is 0. The first-order valence-corrected chi connectivity index (χ1v) is 8.10. The third kappa shape index (κ3) is 2.05. The van der Waals surface area contributed by atoms with Gasteiger partial charge in [0, 0.05) is 18.4 Å². The van der Waals surface area contributed by atoms with E-state index < -0.39 is 0 Å². The molecule has 0 radical (unpaired) electrons. The summed E-state index contributed by atoms with van der Waals surface area (Å²) >= 11 is 0. The summed E-state index contributed by atoms with van der Waals surface area (Å²) in [6.45, 7) is 3.11. The second-order valence-electron chi connectivity index (χ2n) is 7.26. The van der Waals surface area contributed by atoms with Gasteiger partial charge in [0.05, 0.1) is 6.61 Å². The number of hydrogen-bond acceptors (Lipinski definition) is 2. The number of fused-ring (bicyclic) bond motifs is 1. The van der Waals surface area contributed by atoms with Crippen molar-refractivity contribution in [1.82, 2.24) is 0 Å². The molecule has 0 aromatic heterocycles. The summed E-state index contributed by atoms with van der Waals surface area (Å²) in [5, 5.41) is 0. The normalized spacial score (nSPS) is 39.8. The average molecular weight is 272 g/mol. The van der Waals surface area contributed by atoms with Crippen molar-refractivity contribution in [2.24, 2.45) is 11.3 Å². The largest absolute Gasteiger partial charge is 0.462 e. The first-order valence-electron chi connectivity index (χ1n) is 8.10. The Morgan fingerprint density at radius 1 is 1.05 bits per heavy atom. The lowest BCUT2D eigenvalue weighted by Gasteiger charge is -2.46. The van der Waals surface area contributed by atoms with E-state index in [1.807, 2.05) is 0 Å². The Kier molecular flexibility index (Phi) is 2.85. The molecule has 1 aromatic carbocycles. The number of ether oxygens (including phenoxy) is 2. The third-order valence-electron chi connectivity index (χ3n) is 5.78. The van der Waals surface area contributed by atoms with Gasteiger partial charge in [-0.1, -0.05) is 31.5 Å². The molecule has 2 heteroatoms. The van der Waals surface area contributed by atoms with Gasteiger partial charge in [-0.05, 0) is 43.1 Å². The summed E-state index contributed by atoms with van der Waals surface area (Å²) in [5.74, 6) is 1.62. The summed E-state index contributed by atoms with van der Waals surface area (Å²) in [4.78, 5) is 0. The summed E-state index contributed by atoms with van der Waals surface area (Å²) in [7, 11) is 0. The van der Waals surface area contributed by atoms with Crippen LogP contribution in [0.1, 0.15) is 57.4 Å². The topological polar surface area (TPSA) is 18.5 Å². The molecule has 20 heavy (non-hydrogen) atoms. The third-order valence-corrected chi connectivity index (χ3v) is 5.78. The maximum atomic E-state index is 6.27. The van der Waals surface area contributed by atoms with Gasteiger partial charge >= 0.3 is 0 Å². The lowest BCUT2D eigenvalue weighted by molar-refractivity contribution is -0.233. The van der Waals surface area contributed by atoms with Gasteiger partial charge in [-0.3, -0.25) is 0 Å². The number of benzene rings is 1. The van der Waals surface area contributed by atoms with Crippen molar-refractivity contribution < 1.29 is 9.47 Å². The maximum absolute atomic E-state index is 6.27. The predicted molar refractivity (Wildman–Crippen MR) is 78.5 cm³/mol. The lowest BCUT2D eigenvalue weighted by Crippen LogP contribution is -2.47. The minimum Gasteiger partial charge on any atom is -0.462 e. The summed E-state index contributed by atoms with van der Waals surface area (Å²) in [6, 6.07) is 8.30. The van der Waals surface area contributed by atoms with Crippen LogP contribution in [0.4, 0.5) is 0 Å². The van der Waals surface area contributed by atoms with E-state index in [-0.39, 0.29) is 5.79 Å². The SMILES string of the molecule is CC1CCC2(CCC3(CC2)OCc2ccccc2O3)C1. The van der Waals surface area contributed by atoms with E-state index in [1.54, 1.807) is 0 Å². The summed E-state index contributed by atoms with van der Waals surface area (Å²) < 4.78 is 12.4. The zero-order valence-corrected chi connectivity index (χ0v) is 12.4. The van der Waals surface area contributed by atoms with E-state index in [0.29, 0.717) is 12.0 Å². The van der Waals surface area contributed by atoms with Crippen molar-refractivity contribution in [3.63, 3.8) is 0 Å². The average Bonchev–Trinajstić information content (AvgIpc) is 2.84. The van der Waals surface area contributed by atoms with Crippen LogP contribution in [0.2, 0.25) is 0 Å². The molecule has 1 unspecified atom stereocenters. The molecule has 2 nitrogen and oxygen atoms in total. The molecule has 108 valence electrons. The fourth-order valence-corrected chi connectivity index (χ4v) is 4.52. The van der Waals surface area contributed by atoms with E-state index in [2.05, 4.69) is 31.2 Å². The first-order chi connectivity index (χ1) is 9.69.